The quantitative estimate of drug-likeness (QED) is 0.531. The van der Waals surface area contributed by atoms with E-state index in [1.165, 1.54) is 33.7 Å². The summed E-state index contributed by atoms with van der Waals surface area (Å²) in [6.45, 7) is 0.338. The first-order chi connectivity index (χ1) is 17.2. The van der Waals surface area contributed by atoms with Crippen LogP contribution < -0.4 is 16.2 Å². The van der Waals surface area contributed by atoms with Crippen molar-refractivity contribution in [1.29, 1.82) is 0 Å². The zero-order valence-electron chi connectivity index (χ0n) is 19.9. The number of carbonyl (C=O) groups excluding carboxylic acids is 3. The summed E-state index contributed by atoms with van der Waals surface area (Å²) in [5, 5.41) is 16.0. The first-order valence-electron chi connectivity index (χ1n) is 12.1. The van der Waals surface area contributed by atoms with Crippen LogP contribution in [0.5, 0.6) is 5.75 Å². The molecule has 190 valence electrons. The zero-order chi connectivity index (χ0) is 25.6. The number of halogens is 1. The Morgan fingerprint density at radius 1 is 1.17 bits per heavy atom. The van der Waals surface area contributed by atoms with Gasteiger partial charge in [-0.3, -0.25) is 23.7 Å². The maximum absolute atomic E-state index is 13.2. The van der Waals surface area contributed by atoms with Crippen LogP contribution in [0.2, 0.25) is 0 Å². The lowest BCUT2D eigenvalue weighted by Gasteiger charge is -2.37. The average molecular weight is 498 g/mol. The summed E-state index contributed by atoms with van der Waals surface area (Å²) in [6.07, 6.45) is 4.02. The third-order valence-electron chi connectivity index (χ3n) is 7.52. The molecular formula is C25H28FN5O5. The molecule has 3 amide bonds. The Labute approximate surface area is 206 Å². The van der Waals surface area contributed by atoms with E-state index in [2.05, 4.69) is 15.6 Å². The third-order valence-corrected chi connectivity index (χ3v) is 7.52. The van der Waals surface area contributed by atoms with Crippen LogP contribution in [0.3, 0.4) is 0 Å². The van der Waals surface area contributed by atoms with Crippen molar-refractivity contribution < 1.29 is 23.9 Å². The second-order valence-electron chi connectivity index (χ2n) is 9.98. The van der Waals surface area contributed by atoms with Crippen LogP contribution in [-0.2, 0) is 28.2 Å². The summed E-state index contributed by atoms with van der Waals surface area (Å²) in [7, 11) is 1.60. The topological polar surface area (TPSA) is 134 Å². The van der Waals surface area contributed by atoms with E-state index in [-0.39, 0.29) is 24.3 Å². The Morgan fingerprint density at radius 3 is 2.47 bits per heavy atom. The molecule has 2 fully saturated rings. The third kappa shape index (κ3) is 4.33. The van der Waals surface area contributed by atoms with Crippen LogP contribution in [0.15, 0.2) is 29.1 Å². The van der Waals surface area contributed by atoms with Crippen molar-refractivity contribution in [3.8, 4) is 5.75 Å². The van der Waals surface area contributed by atoms with Gasteiger partial charge in [-0.2, -0.15) is 0 Å². The van der Waals surface area contributed by atoms with E-state index >= 15 is 0 Å². The fourth-order valence-corrected chi connectivity index (χ4v) is 5.18. The number of aromatic hydroxyl groups is 1. The fraction of sp³-hybridized carbons (Fsp3) is 0.480. The number of likely N-dealkylation sites (N-methyl/N-ethyl adjacent to an activating group) is 1. The van der Waals surface area contributed by atoms with Crippen molar-refractivity contribution in [2.24, 2.45) is 5.92 Å². The van der Waals surface area contributed by atoms with E-state index in [1.54, 1.807) is 7.05 Å². The number of hydrogen-bond donors (Lipinski definition) is 3. The molecule has 0 radical (unpaired) electrons. The molecule has 1 aromatic heterocycles. The number of fused-ring (bicyclic) bond motifs is 2. The first-order valence-corrected chi connectivity index (χ1v) is 12.1. The highest BCUT2D eigenvalue weighted by molar-refractivity contribution is 6.35. The number of nitrogens with zero attached hydrogens (tertiary/aromatic N) is 3. The molecule has 3 heterocycles. The Bertz CT molecular complexity index is 1280. The number of nitrogens with one attached hydrogen (secondary N) is 2. The number of hydrogen-bond acceptors (Lipinski definition) is 6. The molecule has 2 aliphatic heterocycles. The van der Waals surface area contributed by atoms with Crippen molar-refractivity contribution in [2.75, 3.05) is 7.05 Å². The molecule has 2 aromatic rings. The first kappa shape index (κ1) is 24.0. The lowest BCUT2D eigenvalue weighted by Crippen LogP contribution is -2.54. The average Bonchev–Trinajstić information content (AvgIpc) is 3.73. The van der Waals surface area contributed by atoms with Crippen LogP contribution in [-0.4, -0.2) is 50.4 Å². The molecule has 36 heavy (non-hydrogen) atoms. The normalized spacial score (nSPS) is 22.3. The minimum Gasteiger partial charge on any atom is -0.501 e. The molecule has 3 N–H and O–H groups in total. The van der Waals surface area contributed by atoms with E-state index < -0.39 is 46.1 Å². The Morgan fingerprint density at radius 2 is 1.83 bits per heavy atom. The molecule has 4 aliphatic rings. The van der Waals surface area contributed by atoms with E-state index in [9.17, 15) is 28.7 Å². The smallest absolute Gasteiger partial charge is 0.311 e. The molecular weight excluding hydrogens is 469 g/mol. The van der Waals surface area contributed by atoms with E-state index in [0.717, 1.165) is 12.8 Å². The molecule has 0 spiro atoms. The minimum atomic E-state index is -1.11. The van der Waals surface area contributed by atoms with E-state index in [1.807, 2.05) is 0 Å². The van der Waals surface area contributed by atoms with E-state index in [0.29, 0.717) is 37.8 Å². The molecule has 10 nitrogen and oxygen atoms in total. The van der Waals surface area contributed by atoms with Gasteiger partial charge >= 0.3 is 11.8 Å². The lowest BCUT2D eigenvalue weighted by atomic mass is 9.77. The Hall–Kier alpha value is -3.76. The van der Waals surface area contributed by atoms with Gasteiger partial charge in [0.05, 0.1) is 5.54 Å². The van der Waals surface area contributed by atoms with Gasteiger partial charge < -0.3 is 20.6 Å². The highest BCUT2D eigenvalue weighted by Gasteiger charge is 2.47. The van der Waals surface area contributed by atoms with Crippen LogP contribution in [0, 0.1) is 11.7 Å². The number of amides is 3. The monoisotopic (exact) mass is 497 g/mol. The second kappa shape index (κ2) is 9.03. The van der Waals surface area contributed by atoms with E-state index in [4.69, 9.17) is 0 Å². The van der Waals surface area contributed by atoms with Gasteiger partial charge in [0.1, 0.15) is 11.6 Å². The van der Waals surface area contributed by atoms with Gasteiger partial charge in [-0.05, 0) is 62.1 Å². The second-order valence-corrected chi connectivity index (χ2v) is 9.98. The van der Waals surface area contributed by atoms with Crippen LogP contribution in [0.4, 0.5) is 4.39 Å². The van der Waals surface area contributed by atoms with Crippen LogP contribution in [0.25, 0.3) is 0 Å². The molecule has 2 saturated carbocycles. The Kier molecular flexibility index (Phi) is 6.01. The van der Waals surface area contributed by atoms with Crippen LogP contribution >= 0.6 is 0 Å². The van der Waals surface area contributed by atoms with Gasteiger partial charge in [-0.15, -0.1) is 0 Å². The number of aromatic nitrogens is 2. The van der Waals surface area contributed by atoms with Crippen molar-refractivity contribution in [3.63, 3.8) is 0 Å². The molecule has 0 saturated heterocycles. The summed E-state index contributed by atoms with van der Waals surface area (Å²) in [6, 6.07) is 5.60. The highest BCUT2D eigenvalue weighted by atomic mass is 19.1. The Balaban J connectivity index is 1.46. The van der Waals surface area contributed by atoms with Gasteiger partial charge in [-0.1, -0.05) is 12.1 Å². The van der Waals surface area contributed by atoms with Gasteiger partial charge in [0.25, 0.3) is 11.5 Å². The molecule has 0 unspecified atom stereocenters. The van der Waals surface area contributed by atoms with Crippen LogP contribution in [0.1, 0.15) is 60.4 Å². The van der Waals surface area contributed by atoms with Crippen molar-refractivity contribution in [2.45, 2.75) is 63.2 Å². The molecule has 11 heteroatoms. The summed E-state index contributed by atoms with van der Waals surface area (Å²) in [5.74, 6) is -3.06. The molecule has 6 rings (SSSR count). The van der Waals surface area contributed by atoms with Gasteiger partial charge in [-0.25, -0.2) is 9.37 Å². The number of rotatable bonds is 5. The zero-order valence-corrected chi connectivity index (χ0v) is 19.9. The number of carbonyl (C=O) groups is 3. The van der Waals surface area contributed by atoms with Crippen molar-refractivity contribution in [3.05, 3.63) is 57.5 Å². The minimum absolute atomic E-state index is 0.0323. The SMILES string of the molecule is CN(C(=O)C(=O)NC12CCC(CC1)Cn1c2nc(C(=O)NCc2ccc(F)cc2)c(O)c1=O)C1CC1. The maximum Gasteiger partial charge on any atom is 0.311 e. The predicted molar refractivity (Wildman–Crippen MR) is 125 cm³/mol. The maximum atomic E-state index is 13.2. The summed E-state index contributed by atoms with van der Waals surface area (Å²) >= 11 is 0. The fourth-order valence-electron chi connectivity index (χ4n) is 5.18. The van der Waals surface area contributed by atoms with Crippen molar-refractivity contribution >= 4 is 17.7 Å². The largest absolute Gasteiger partial charge is 0.501 e. The van der Waals surface area contributed by atoms with Gasteiger partial charge in [0.2, 0.25) is 5.75 Å². The summed E-state index contributed by atoms with van der Waals surface area (Å²) < 4.78 is 14.5. The summed E-state index contributed by atoms with van der Waals surface area (Å²) in [4.78, 5) is 57.6. The molecule has 1 aromatic carbocycles. The van der Waals surface area contributed by atoms with Gasteiger partial charge in [0.15, 0.2) is 5.69 Å². The molecule has 2 bridgehead atoms. The standard InChI is InChI=1S/C25H28FN5O5/c1-30(17-6-7-17)23(36)21(34)29-25-10-8-15(9-11-25)13-31-22(35)19(32)18(28-24(25)31)20(33)27-12-14-2-4-16(26)5-3-14/h2-5,15,17,32H,6-13H2,1H3,(H,27,33)(H,29,34). The summed E-state index contributed by atoms with van der Waals surface area (Å²) in [5.41, 5.74) is -1.70. The molecule has 0 atom stereocenters. The lowest BCUT2D eigenvalue weighted by molar-refractivity contribution is -0.146. The van der Waals surface area contributed by atoms with Gasteiger partial charge in [0, 0.05) is 26.2 Å². The highest BCUT2D eigenvalue weighted by Crippen LogP contribution is 2.43. The number of benzene rings is 1. The predicted octanol–water partition coefficient (Wildman–Crippen LogP) is 1.15. The molecule has 2 aliphatic carbocycles. The van der Waals surface area contributed by atoms with Crippen molar-refractivity contribution in [1.82, 2.24) is 25.1 Å².